The minimum Gasteiger partial charge on any atom is -0.497 e. The lowest BCUT2D eigenvalue weighted by Crippen LogP contribution is -2.00. The Hall–Kier alpha value is -1.41. The summed E-state index contributed by atoms with van der Waals surface area (Å²) in [5.74, 6) is 3.51. The summed E-state index contributed by atoms with van der Waals surface area (Å²) in [5.41, 5.74) is 0.664. The average Bonchev–Trinajstić information content (AvgIpc) is 2.20. The molecule has 0 aromatic heterocycles. The standard InChI is InChI=1S/C12H17NO/c1-5-11(6-2)8-12(9-13)10(4)14-7-3/h1,11H,6-8H2,2-4H3. The summed E-state index contributed by atoms with van der Waals surface area (Å²) < 4.78 is 5.27. The number of nitriles is 1. The highest BCUT2D eigenvalue weighted by Gasteiger charge is 2.09. The summed E-state index contributed by atoms with van der Waals surface area (Å²) in [6.45, 7) is 6.32. The molecule has 0 radical (unpaired) electrons. The van der Waals surface area contributed by atoms with Crippen molar-refractivity contribution in [2.24, 2.45) is 5.92 Å². The van der Waals surface area contributed by atoms with Crippen molar-refractivity contribution in [3.8, 4) is 18.4 Å². The minimum atomic E-state index is 0.139. The topological polar surface area (TPSA) is 33.0 Å². The van der Waals surface area contributed by atoms with E-state index in [1.165, 1.54) is 0 Å². The Balaban J connectivity index is 4.52. The number of rotatable bonds is 5. The molecular formula is C12H17NO. The van der Waals surface area contributed by atoms with Gasteiger partial charge in [-0.25, -0.2) is 0 Å². The lowest BCUT2D eigenvalue weighted by Gasteiger charge is -2.09. The molecule has 1 atom stereocenters. The molecule has 0 rings (SSSR count). The molecule has 0 heterocycles. The van der Waals surface area contributed by atoms with Gasteiger partial charge in [0.25, 0.3) is 0 Å². The van der Waals surface area contributed by atoms with Gasteiger partial charge < -0.3 is 4.74 Å². The second-order valence-corrected chi connectivity index (χ2v) is 3.06. The Morgan fingerprint density at radius 1 is 1.50 bits per heavy atom. The van der Waals surface area contributed by atoms with Crippen molar-refractivity contribution in [1.29, 1.82) is 5.26 Å². The number of allylic oxidation sites excluding steroid dienone is 2. The molecular weight excluding hydrogens is 174 g/mol. The Kier molecular flexibility index (Phi) is 6.33. The highest BCUT2D eigenvalue weighted by molar-refractivity contribution is 5.25. The monoisotopic (exact) mass is 191 g/mol. The summed E-state index contributed by atoms with van der Waals surface area (Å²) in [4.78, 5) is 0. The third-order valence-electron chi connectivity index (χ3n) is 2.10. The predicted molar refractivity (Wildman–Crippen MR) is 57.2 cm³/mol. The molecule has 2 heteroatoms. The Labute approximate surface area is 86.6 Å². The van der Waals surface area contributed by atoms with E-state index in [4.69, 9.17) is 16.4 Å². The van der Waals surface area contributed by atoms with Crippen molar-refractivity contribution in [2.75, 3.05) is 6.61 Å². The Morgan fingerprint density at radius 2 is 2.14 bits per heavy atom. The van der Waals surface area contributed by atoms with Gasteiger partial charge in [-0.05, 0) is 26.7 Å². The molecule has 0 aliphatic rings. The molecule has 0 bridgehead atoms. The lowest BCUT2D eigenvalue weighted by molar-refractivity contribution is 0.227. The van der Waals surface area contributed by atoms with E-state index < -0.39 is 0 Å². The maximum absolute atomic E-state index is 8.91. The molecule has 0 saturated carbocycles. The van der Waals surface area contributed by atoms with E-state index in [-0.39, 0.29) is 5.92 Å². The first-order valence-corrected chi connectivity index (χ1v) is 4.88. The van der Waals surface area contributed by atoms with Gasteiger partial charge >= 0.3 is 0 Å². The molecule has 0 aliphatic heterocycles. The molecule has 76 valence electrons. The normalized spacial score (nSPS) is 13.5. The van der Waals surface area contributed by atoms with Crippen molar-refractivity contribution in [2.45, 2.75) is 33.6 Å². The second-order valence-electron chi connectivity index (χ2n) is 3.06. The van der Waals surface area contributed by atoms with Gasteiger partial charge in [-0.2, -0.15) is 5.26 Å². The first-order valence-electron chi connectivity index (χ1n) is 4.88. The first-order chi connectivity index (χ1) is 6.69. The zero-order valence-electron chi connectivity index (χ0n) is 9.13. The van der Waals surface area contributed by atoms with Crippen LogP contribution in [0, 0.1) is 29.6 Å². The maximum atomic E-state index is 8.91. The van der Waals surface area contributed by atoms with Gasteiger partial charge in [-0.3, -0.25) is 0 Å². The zero-order chi connectivity index (χ0) is 11.0. The van der Waals surface area contributed by atoms with Crippen LogP contribution < -0.4 is 0 Å². The number of nitrogens with zero attached hydrogens (tertiary/aromatic N) is 1. The molecule has 0 fully saturated rings. The van der Waals surface area contributed by atoms with Gasteiger partial charge in [0.1, 0.15) is 5.76 Å². The van der Waals surface area contributed by atoms with Crippen molar-refractivity contribution >= 4 is 0 Å². The molecule has 0 N–H and O–H groups in total. The van der Waals surface area contributed by atoms with Crippen molar-refractivity contribution in [3.05, 3.63) is 11.3 Å². The predicted octanol–water partition coefficient (Wildman–Crippen LogP) is 2.87. The number of ether oxygens (including phenoxy) is 1. The Morgan fingerprint density at radius 3 is 2.50 bits per heavy atom. The van der Waals surface area contributed by atoms with Gasteiger partial charge in [0.05, 0.1) is 18.2 Å². The van der Waals surface area contributed by atoms with Gasteiger partial charge in [-0.15, -0.1) is 12.3 Å². The maximum Gasteiger partial charge on any atom is 0.106 e. The van der Waals surface area contributed by atoms with Crippen LogP contribution in [0.1, 0.15) is 33.6 Å². The quantitative estimate of drug-likeness (QED) is 0.380. The van der Waals surface area contributed by atoms with E-state index in [0.29, 0.717) is 24.4 Å². The summed E-state index contributed by atoms with van der Waals surface area (Å²) in [6.07, 6.45) is 6.85. The van der Waals surface area contributed by atoms with E-state index in [1.807, 2.05) is 20.8 Å². The fourth-order valence-electron chi connectivity index (χ4n) is 1.14. The SMILES string of the molecule is C#CC(CC)CC(C#N)=C(C)OCC. The van der Waals surface area contributed by atoms with Crippen LogP contribution in [0.4, 0.5) is 0 Å². The summed E-state index contributed by atoms with van der Waals surface area (Å²) in [7, 11) is 0. The molecule has 2 nitrogen and oxygen atoms in total. The summed E-state index contributed by atoms with van der Waals surface area (Å²) in [5, 5.41) is 8.91. The third-order valence-corrected chi connectivity index (χ3v) is 2.10. The van der Waals surface area contributed by atoms with Crippen LogP contribution in [0.5, 0.6) is 0 Å². The summed E-state index contributed by atoms with van der Waals surface area (Å²) in [6, 6.07) is 2.14. The minimum absolute atomic E-state index is 0.139. The first kappa shape index (κ1) is 12.6. The van der Waals surface area contributed by atoms with Crippen LogP contribution in [0.3, 0.4) is 0 Å². The lowest BCUT2D eigenvalue weighted by atomic mass is 9.98. The van der Waals surface area contributed by atoms with Crippen LogP contribution in [-0.4, -0.2) is 6.61 Å². The van der Waals surface area contributed by atoms with Crippen LogP contribution in [0.25, 0.3) is 0 Å². The van der Waals surface area contributed by atoms with Gasteiger partial charge in [0, 0.05) is 5.92 Å². The van der Waals surface area contributed by atoms with Crippen molar-refractivity contribution in [1.82, 2.24) is 0 Å². The zero-order valence-corrected chi connectivity index (χ0v) is 9.13. The molecule has 0 aliphatic carbocycles. The third kappa shape index (κ3) is 4.01. The fraction of sp³-hybridized carbons (Fsp3) is 0.583. The number of hydrogen-bond acceptors (Lipinski definition) is 2. The summed E-state index contributed by atoms with van der Waals surface area (Å²) >= 11 is 0. The van der Waals surface area contributed by atoms with Crippen LogP contribution in [0.15, 0.2) is 11.3 Å². The van der Waals surface area contributed by atoms with E-state index in [9.17, 15) is 0 Å². The molecule has 14 heavy (non-hydrogen) atoms. The largest absolute Gasteiger partial charge is 0.497 e. The number of hydrogen-bond donors (Lipinski definition) is 0. The van der Waals surface area contributed by atoms with Crippen molar-refractivity contribution < 1.29 is 4.74 Å². The van der Waals surface area contributed by atoms with E-state index in [0.717, 1.165) is 6.42 Å². The molecule has 0 aromatic carbocycles. The Bertz CT molecular complexity index is 278. The second kappa shape index (κ2) is 7.04. The van der Waals surface area contributed by atoms with Gasteiger partial charge in [-0.1, -0.05) is 6.92 Å². The van der Waals surface area contributed by atoms with Gasteiger partial charge in [0.15, 0.2) is 0 Å². The molecule has 0 saturated heterocycles. The number of terminal acetylenes is 1. The fourth-order valence-corrected chi connectivity index (χ4v) is 1.14. The van der Waals surface area contributed by atoms with Gasteiger partial charge in [0.2, 0.25) is 0 Å². The van der Waals surface area contributed by atoms with E-state index >= 15 is 0 Å². The highest BCUT2D eigenvalue weighted by atomic mass is 16.5. The average molecular weight is 191 g/mol. The van der Waals surface area contributed by atoms with Crippen LogP contribution >= 0.6 is 0 Å². The molecule has 0 amide bonds. The van der Waals surface area contributed by atoms with E-state index in [2.05, 4.69) is 12.0 Å². The van der Waals surface area contributed by atoms with E-state index in [1.54, 1.807) is 0 Å². The highest BCUT2D eigenvalue weighted by Crippen LogP contribution is 2.17. The molecule has 1 unspecified atom stereocenters. The molecule has 0 spiro atoms. The smallest absolute Gasteiger partial charge is 0.106 e. The molecule has 0 aromatic rings. The van der Waals surface area contributed by atoms with Crippen LogP contribution in [0.2, 0.25) is 0 Å². The van der Waals surface area contributed by atoms with Crippen molar-refractivity contribution in [3.63, 3.8) is 0 Å². The van der Waals surface area contributed by atoms with Crippen LogP contribution in [-0.2, 0) is 4.74 Å².